The first-order valence-corrected chi connectivity index (χ1v) is 7.93. The molecule has 0 aromatic heterocycles. The van der Waals surface area contributed by atoms with Crippen LogP contribution in [0.2, 0.25) is 5.02 Å². The number of hydrogen-bond donors (Lipinski definition) is 1. The third-order valence-electron chi connectivity index (χ3n) is 2.82. The maximum atomic E-state index is 12.5. The zero-order valence-corrected chi connectivity index (χ0v) is 13.1. The Balaban J connectivity index is 3.29. The van der Waals surface area contributed by atoms with Gasteiger partial charge in [0, 0.05) is 17.3 Å². The van der Waals surface area contributed by atoms with E-state index in [0.29, 0.717) is 9.87 Å². The van der Waals surface area contributed by atoms with Crippen LogP contribution >= 0.6 is 11.6 Å². The number of benzene rings is 1. The van der Waals surface area contributed by atoms with Crippen molar-refractivity contribution in [2.45, 2.75) is 31.3 Å². The Kier molecular flexibility index (Phi) is 5.51. The van der Waals surface area contributed by atoms with Crippen LogP contribution in [0.4, 0.5) is 18.9 Å². The first-order valence-electron chi connectivity index (χ1n) is 6.11. The molecule has 0 fully saturated rings. The van der Waals surface area contributed by atoms with Gasteiger partial charge in [0.1, 0.15) is 6.54 Å². The fraction of sp³-hybridized carbons (Fsp3) is 0.500. The van der Waals surface area contributed by atoms with Crippen molar-refractivity contribution in [1.82, 2.24) is 4.31 Å². The van der Waals surface area contributed by atoms with E-state index < -0.39 is 22.7 Å². The van der Waals surface area contributed by atoms with Gasteiger partial charge in [0.05, 0.1) is 4.90 Å². The Morgan fingerprint density at radius 2 is 1.90 bits per heavy atom. The van der Waals surface area contributed by atoms with E-state index in [9.17, 15) is 21.6 Å². The topological polar surface area (TPSA) is 63.4 Å². The van der Waals surface area contributed by atoms with Crippen molar-refractivity contribution >= 4 is 27.3 Å². The lowest BCUT2D eigenvalue weighted by atomic mass is 10.2. The molecule has 1 aromatic rings. The summed E-state index contributed by atoms with van der Waals surface area (Å²) < 4.78 is 62.7. The van der Waals surface area contributed by atoms with Gasteiger partial charge in [-0.05, 0) is 31.0 Å². The van der Waals surface area contributed by atoms with Crippen LogP contribution in [-0.2, 0) is 10.0 Å². The number of rotatable bonds is 5. The molecule has 0 heterocycles. The molecule has 4 nitrogen and oxygen atoms in total. The molecule has 0 bridgehead atoms. The minimum atomic E-state index is -4.62. The van der Waals surface area contributed by atoms with Crippen LogP contribution in [0, 0.1) is 6.92 Å². The molecule has 0 radical (unpaired) electrons. The minimum Gasteiger partial charge on any atom is -0.398 e. The molecule has 0 aliphatic heterocycles. The van der Waals surface area contributed by atoms with Gasteiger partial charge in [-0.25, -0.2) is 8.42 Å². The third kappa shape index (κ3) is 4.49. The highest BCUT2D eigenvalue weighted by Gasteiger charge is 2.36. The summed E-state index contributed by atoms with van der Waals surface area (Å²) in [5.74, 6) is 0. The summed E-state index contributed by atoms with van der Waals surface area (Å²) in [6.07, 6.45) is -4.37. The highest BCUT2D eigenvalue weighted by molar-refractivity contribution is 7.89. The predicted octanol–water partition coefficient (Wildman–Crippen LogP) is 3.19. The molecule has 21 heavy (non-hydrogen) atoms. The number of anilines is 1. The van der Waals surface area contributed by atoms with Gasteiger partial charge in [-0.15, -0.1) is 0 Å². The van der Waals surface area contributed by atoms with E-state index in [1.54, 1.807) is 13.8 Å². The summed E-state index contributed by atoms with van der Waals surface area (Å²) in [6.45, 7) is 1.39. The van der Waals surface area contributed by atoms with Crippen molar-refractivity contribution < 1.29 is 21.6 Å². The van der Waals surface area contributed by atoms with Crippen molar-refractivity contribution in [3.8, 4) is 0 Å². The second kappa shape index (κ2) is 6.41. The highest BCUT2D eigenvalue weighted by Crippen LogP contribution is 2.29. The SMILES string of the molecule is CCCN(CC(F)(F)F)S(=O)(=O)c1cc(N)c(C)c(Cl)c1. The molecule has 0 unspecified atom stereocenters. The Morgan fingerprint density at radius 3 is 2.33 bits per heavy atom. The van der Waals surface area contributed by atoms with Gasteiger partial charge < -0.3 is 5.73 Å². The maximum Gasteiger partial charge on any atom is 0.402 e. The van der Waals surface area contributed by atoms with Crippen molar-refractivity contribution in [1.29, 1.82) is 0 Å². The number of nitrogens with two attached hydrogens (primary N) is 1. The molecule has 0 atom stereocenters. The molecule has 1 aromatic carbocycles. The summed E-state index contributed by atoms with van der Waals surface area (Å²) in [5.41, 5.74) is 6.23. The predicted molar refractivity (Wildman–Crippen MR) is 75.7 cm³/mol. The molecule has 0 aliphatic rings. The molecular weight excluding hydrogens is 329 g/mol. The zero-order valence-electron chi connectivity index (χ0n) is 11.5. The fourth-order valence-corrected chi connectivity index (χ4v) is 3.58. The van der Waals surface area contributed by atoms with Crippen LogP contribution < -0.4 is 5.73 Å². The van der Waals surface area contributed by atoms with E-state index in [2.05, 4.69) is 0 Å². The Labute approximate surface area is 126 Å². The van der Waals surface area contributed by atoms with Gasteiger partial charge in [-0.1, -0.05) is 18.5 Å². The molecule has 1 rings (SSSR count). The number of alkyl halides is 3. The van der Waals surface area contributed by atoms with Gasteiger partial charge in [0.15, 0.2) is 0 Å². The summed E-state index contributed by atoms with van der Waals surface area (Å²) in [7, 11) is -4.31. The monoisotopic (exact) mass is 344 g/mol. The van der Waals surface area contributed by atoms with Crippen molar-refractivity contribution in [3.63, 3.8) is 0 Å². The molecule has 0 saturated carbocycles. The Bertz CT molecular complexity index is 594. The van der Waals surface area contributed by atoms with Crippen molar-refractivity contribution in [2.75, 3.05) is 18.8 Å². The summed E-state index contributed by atoms with van der Waals surface area (Å²) >= 11 is 5.85. The van der Waals surface area contributed by atoms with Crippen LogP contribution in [-0.4, -0.2) is 32.0 Å². The average Bonchev–Trinajstić information content (AvgIpc) is 2.33. The molecule has 0 amide bonds. The highest BCUT2D eigenvalue weighted by atomic mass is 35.5. The number of halogens is 4. The van der Waals surface area contributed by atoms with Gasteiger partial charge >= 0.3 is 6.18 Å². The summed E-state index contributed by atoms with van der Waals surface area (Å²) in [4.78, 5) is -0.340. The van der Waals surface area contributed by atoms with Crippen molar-refractivity contribution in [3.05, 3.63) is 22.7 Å². The van der Waals surface area contributed by atoms with E-state index in [-0.39, 0.29) is 28.6 Å². The van der Waals surface area contributed by atoms with Crippen LogP contribution in [0.5, 0.6) is 0 Å². The van der Waals surface area contributed by atoms with E-state index in [1.807, 2.05) is 0 Å². The molecule has 0 saturated heterocycles. The second-order valence-electron chi connectivity index (χ2n) is 4.57. The van der Waals surface area contributed by atoms with Gasteiger partial charge in [0.25, 0.3) is 0 Å². The quantitative estimate of drug-likeness (QED) is 0.834. The van der Waals surface area contributed by atoms with Crippen LogP contribution in [0.3, 0.4) is 0 Å². The Hall–Kier alpha value is -0.990. The molecule has 0 aliphatic carbocycles. The molecule has 2 N–H and O–H groups in total. The van der Waals surface area contributed by atoms with E-state index >= 15 is 0 Å². The Morgan fingerprint density at radius 1 is 1.33 bits per heavy atom. The first kappa shape index (κ1) is 18.1. The van der Waals surface area contributed by atoms with E-state index in [0.717, 1.165) is 12.1 Å². The maximum absolute atomic E-state index is 12.5. The smallest absolute Gasteiger partial charge is 0.398 e. The lowest BCUT2D eigenvalue weighted by Crippen LogP contribution is -2.39. The molecular formula is C12H16ClF3N2O2S. The summed E-state index contributed by atoms with van der Waals surface area (Å²) in [6, 6.07) is 2.23. The average molecular weight is 345 g/mol. The number of hydrogen-bond acceptors (Lipinski definition) is 3. The van der Waals surface area contributed by atoms with Crippen molar-refractivity contribution in [2.24, 2.45) is 0 Å². The number of nitrogen functional groups attached to an aromatic ring is 1. The largest absolute Gasteiger partial charge is 0.402 e. The number of sulfonamides is 1. The standard InChI is InChI=1S/C12H16ClF3N2O2S/c1-3-4-18(7-12(14,15)16)21(19,20)9-5-10(13)8(2)11(17)6-9/h5-6H,3-4,7,17H2,1-2H3. The van der Waals surface area contributed by atoms with E-state index in [1.165, 1.54) is 0 Å². The van der Waals surface area contributed by atoms with Gasteiger partial charge in [-0.3, -0.25) is 0 Å². The van der Waals surface area contributed by atoms with Crippen LogP contribution in [0.1, 0.15) is 18.9 Å². The van der Waals surface area contributed by atoms with E-state index in [4.69, 9.17) is 17.3 Å². The third-order valence-corrected chi connectivity index (χ3v) is 5.04. The van der Waals surface area contributed by atoms with Crippen LogP contribution in [0.15, 0.2) is 17.0 Å². The normalized spacial score (nSPS) is 12.9. The van der Waals surface area contributed by atoms with Gasteiger partial charge in [0.2, 0.25) is 10.0 Å². The lowest BCUT2D eigenvalue weighted by molar-refractivity contribution is -0.136. The van der Waals surface area contributed by atoms with Gasteiger partial charge in [-0.2, -0.15) is 17.5 Å². The fourth-order valence-electron chi connectivity index (χ4n) is 1.71. The molecule has 9 heteroatoms. The first-order chi connectivity index (χ1) is 9.49. The zero-order chi connectivity index (χ0) is 16.4. The minimum absolute atomic E-state index is 0.0945. The second-order valence-corrected chi connectivity index (χ2v) is 6.92. The summed E-state index contributed by atoms with van der Waals surface area (Å²) in [5, 5.41) is 0.0945. The lowest BCUT2D eigenvalue weighted by Gasteiger charge is -2.23. The van der Waals surface area contributed by atoms with Crippen LogP contribution in [0.25, 0.3) is 0 Å². The number of nitrogens with zero attached hydrogens (tertiary/aromatic N) is 1. The molecule has 0 spiro atoms. The molecule has 120 valence electrons.